The second-order valence-corrected chi connectivity index (χ2v) is 23.8. The average molecular weight is 535 g/mol. The summed E-state index contributed by atoms with van der Waals surface area (Å²) in [6.07, 6.45) is 19.9. The molecule has 0 saturated carbocycles. The van der Waals surface area contributed by atoms with Crippen LogP contribution in [0.15, 0.2) is 0 Å². The molecule has 0 unspecified atom stereocenters. The summed E-state index contributed by atoms with van der Waals surface area (Å²) in [7, 11) is -3.47. The number of rotatable bonds is 18. The van der Waals surface area contributed by atoms with Crippen LogP contribution in [0.3, 0.4) is 0 Å². The lowest BCUT2D eigenvalue weighted by molar-refractivity contribution is 0.607. The van der Waals surface area contributed by atoms with Crippen LogP contribution < -0.4 is 20.7 Å². The fourth-order valence-electron chi connectivity index (χ4n) is 6.28. The standard InChI is InChI=1S/C30H62Si4/c1-11-13-15-17-19-21-23-25-27(31(3)4)29(33(7)8)26(24-22-20-18-16-14-12-2)30(34(9)10)28(25)32(5)6/h31-34H,11-24H2,1-10H3. The molecule has 0 atom stereocenters. The van der Waals surface area contributed by atoms with E-state index >= 15 is 0 Å². The summed E-state index contributed by atoms with van der Waals surface area (Å²) in [5.74, 6) is 0. The van der Waals surface area contributed by atoms with Gasteiger partial charge in [0.1, 0.15) is 0 Å². The zero-order valence-electron chi connectivity index (χ0n) is 25.2. The Morgan fingerprint density at radius 1 is 0.353 bits per heavy atom. The Hall–Kier alpha value is 0.0875. The first kappa shape index (κ1) is 32.1. The van der Waals surface area contributed by atoms with Crippen molar-refractivity contribution in [3.63, 3.8) is 0 Å². The van der Waals surface area contributed by atoms with Crippen molar-refractivity contribution in [3.05, 3.63) is 11.1 Å². The number of benzene rings is 1. The van der Waals surface area contributed by atoms with Gasteiger partial charge in [0.15, 0.2) is 0 Å². The summed E-state index contributed by atoms with van der Waals surface area (Å²) in [6, 6.07) is 0. The first-order chi connectivity index (χ1) is 16.2. The Bertz CT molecular complexity index is 592. The Morgan fingerprint density at radius 3 is 0.824 bits per heavy atom. The van der Waals surface area contributed by atoms with Gasteiger partial charge in [0.05, 0.1) is 35.2 Å². The van der Waals surface area contributed by atoms with Gasteiger partial charge in [0.2, 0.25) is 0 Å². The van der Waals surface area contributed by atoms with Crippen LogP contribution in [0.1, 0.15) is 102 Å². The topological polar surface area (TPSA) is 0 Å². The summed E-state index contributed by atoms with van der Waals surface area (Å²) in [5, 5.41) is 7.97. The van der Waals surface area contributed by atoms with E-state index in [2.05, 4.69) is 66.2 Å². The molecule has 0 aliphatic heterocycles. The van der Waals surface area contributed by atoms with Crippen LogP contribution in [0.25, 0.3) is 0 Å². The lowest BCUT2D eigenvalue weighted by atomic mass is 10.00. The quantitative estimate of drug-likeness (QED) is 0.154. The highest BCUT2D eigenvalue weighted by atomic mass is 28.3. The van der Waals surface area contributed by atoms with E-state index in [4.69, 9.17) is 0 Å². The first-order valence-electron chi connectivity index (χ1n) is 15.4. The SMILES string of the molecule is CCCCCCCCc1c([SiH](C)C)c([SiH](C)C)c(CCCCCCCC)c([SiH](C)C)c1[SiH](C)C. The summed E-state index contributed by atoms with van der Waals surface area (Å²) < 4.78 is 0. The van der Waals surface area contributed by atoms with Crippen molar-refractivity contribution in [2.24, 2.45) is 0 Å². The van der Waals surface area contributed by atoms with E-state index in [9.17, 15) is 0 Å². The molecule has 0 heterocycles. The highest BCUT2D eigenvalue weighted by Crippen LogP contribution is 2.14. The van der Waals surface area contributed by atoms with Crippen LogP contribution in [-0.2, 0) is 12.8 Å². The van der Waals surface area contributed by atoms with Gasteiger partial charge in [-0.3, -0.25) is 0 Å². The highest BCUT2D eigenvalue weighted by molar-refractivity contribution is 6.88. The van der Waals surface area contributed by atoms with Crippen molar-refractivity contribution >= 4 is 55.9 Å². The smallest absolute Gasteiger partial charge is 0.0649 e. The molecule has 0 aliphatic rings. The number of hydrogen-bond donors (Lipinski definition) is 0. The Labute approximate surface area is 222 Å². The first-order valence-corrected chi connectivity index (χ1v) is 26.9. The minimum Gasteiger partial charge on any atom is -0.0682 e. The van der Waals surface area contributed by atoms with Crippen LogP contribution in [0.2, 0.25) is 52.4 Å². The molecule has 34 heavy (non-hydrogen) atoms. The summed E-state index contributed by atoms with van der Waals surface area (Å²) in [5.41, 5.74) is 3.89. The predicted molar refractivity (Wildman–Crippen MR) is 175 cm³/mol. The van der Waals surface area contributed by atoms with Crippen molar-refractivity contribution in [1.29, 1.82) is 0 Å². The molecule has 198 valence electrons. The van der Waals surface area contributed by atoms with Gasteiger partial charge in [0, 0.05) is 0 Å². The monoisotopic (exact) mass is 534 g/mol. The molecule has 0 aliphatic carbocycles. The van der Waals surface area contributed by atoms with E-state index in [0.29, 0.717) is 0 Å². The molecular formula is C30H62Si4. The molecule has 0 N–H and O–H groups in total. The van der Waals surface area contributed by atoms with Crippen molar-refractivity contribution in [3.8, 4) is 0 Å². The van der Waals surface area contributed by atoms with Gasteiger partial charge in [-0.2, -0.15) is 0 Å². The maximum absolute atomic E-state index is 2.65. The van der Waals surface area contributed by atoms with Gasteiger partial charge < -0.3 is 0 Å². The maximum atomic E-state index is 2.65. The molecule has 4 heteroatoms. The lowest BCUT2D eigenvalue weighted by Gasteiger charge is -2.33. The highest BCUT2D eigenvalue weighted by Gasteiger charge is 2.28. The molecule has 0 spiro atoms. The van der Waals surface area contributed by atoms with Gasteiger partial charge in [-0.25, -0.2) is 0 Å². The minimum atomic E-state index is -0.867. The van der Waals surface area contributed by atoms with Crippen molar-refractivity contribution in [2.45, 2.75) is 156 Å². The van der Waals surface area contributed by atoms with Crippen LogP contribution in [-0.4, -0.2) is 35.2 Å². The molecule has 0 nitrogen and oxygen atoms in total. The van der Waals surface area contributed by atoms with E-state index in [1.165, 1.54) is 89.9 Å². The number of hydrogen-bond acceptors (Lipinski definition) is 0. The third kappa shape index (κ3) is 9.86. The second-order valence-electron chi connectivity index (χ2n) is 12.3. The Morgan fingerprint density at radius 2 is 0.588 bits per heavy atom. The molecule has 0 amide bonds. The molecule has 0 radical (unpaired) electrons. The van der Waals surface area contributed by atoms with E-state index in [0.717, 1.165) is 0 Å². The molecule has 0 fully saturated rings. The fraction of sp³-hybridized carbons (Fsp3) is 0.800. The van der Waals surface area contributed by atoms with Crippen LogP contribution in [0, 0.1) is 0 Å². The minimum absolute atomic E-state index is 0.867. The van der Waals surface area contributed by atoms with Gasteiger partial charge in [-0.1, -0.05) is 162 Å². The van der Waals surface area contributed by atoms with E-state index in [1.54, 1.807) is 0 Å². The van der Waals surface area contributed by atoms with Crippen molar-refractivity contribution < 1.29 is 0 Å². The fourth-order valence-corrected chi connectivity index (χ4v) is 17.8. The predicted octanol–water partition coefficient (Wildman–Crippen LogP) is 6.27. The average Bonchev–Trinajstić information content (AvgIpc) is 2.76. The van der Waals surface area contributed by atoms with Crippen LogP contribution in [0.4, 0.5) is 0 Å². The third-order valence-corrected chi connectivity index (χ3v) is 15.7. The molecule has 1 aromatic rings. The lowest BCUT2D eigenvalue weighted by Crippen LogP contribution is -2.61. The largest absolute Gasteiger partial charge is 0.0682 e. The molecule has 1 rings (SSSR count). The van der Waals surface area contributed by atoms with Crippen molar-refractivity contribution in [2.75, 3.05) is 0 Å². The zero-order valence-corrected chi connectivity index (χ0v) is 29.8. The normalized spacial score (nSPS) is 12.2. The number of unbranched alkanes of at least 4 members (excludes halogenated alkanes) is 10. The molecular weight excluding hydrogens is 473 g/mol. The molecule has 0 saturated heterocycles. The van der Waals surface area contributed by atoms with Gasteiger partial charge in [-0.05, 0) is 25.7 Å². The van der Waals surface area contributed by atoms with Crippen LogP contribution in [0.5, 0.6) is 0 Å². The maximum Gasteiger partial charge on any atom is 0.0649 e. The molecule has 1 aromatic carbocycles. The van der Waals surface area contributed by atoms with E-state index in [1.807, 2.05) is 31.9 Å². The molecule has 0 aromatic heterocycles. The summed E-state index contributed by atoms with van der Waals surface area (Å²) in [4.78, 5) is 0. The van der Waals surface area contributed by atoms with E-state index < -0.39 is 35.2 Å². The van der Waals surface area contributed by atoms with E-state index in [-0.39, 0.29) is 0 Å². The van der Waals surface area contributed by atoms with Crippen molar-refractivity contribution in [1.82, 2.24) is 0 Å². The van der Waals surface area contributed by atoms with Gasteiger partial charge >= 0.3 is 0 Å². The Kier molecular flexibility index (Phi) is 16.6. The summed E-state index contributed by atoms with van der Waals surface area (Å²) in [6.45, 7) is 25.8. The van der Waals surface area contributed by atoms with Gasteiger partial charge in [-0.15, -0.1) is 0 Å². The summed E-state index contributed by atoms with van der Waals surface area (Å²) >= 11 is 0. The second kappa shape index (κ2) is 17.5. The van der Waals surface area contributed by atoms with Crippen LogP contribution >= 0.6 is 0 Å². The zero-order chi connectivity index (χ0) is 25.7. The van der Waals surface area contributed by atoms with Gasteiger partial charge in [0.25, 0.3) is 0 Å². The third-order valence-electron chi connectivity index (χ3n) is 7.75. The molecule has 0 bridgehead atoms. The Balaban J connectivity index is 3.46.